The minimum absolute atomic E-state index is 0.0601. The van der Waals surface area contributed by atoms with E-state index in [9.17, 15) is 19.2 Å². The molecule has 0 aliphatic carbocycles. The Bertz CT molecular complexity index is 763. The second kappa shape index (κ2) is 20.6. The van der Waals surface area contributed by atoms with Crippen LogP contribution in [0.5, 0.6) is 0 Å². The van der Waals surface area contributed by atoms with Gasteiger partial charge in [0.05, 0.1) is 18.2 Å². The molecule has 1 heterocycles. The third kappa shape index (κ3) is 17.1. The van der Waals surface area contributed by atoms with Crippen LogP contribution in [0.25, 0.3) is 0 Å². The zero-order chi connectivity index (χ0) is 26.6. The molecule has 9 nitrogen and oxygen atoms in total. The fraction of sp³-hybridized carbons (Fsp3) is 0.652. The van der Waals surface area contributed by atoms with Gasteiger partial charge in [-0.3, -0.25) is 19.2 Å². The highest BCUT2D eigenvalue weighted by Crippen LogP contribution is 2.25. The van der Waals surface area contributed by atoms with Crippen molar-refractivity contribution in [1.82, 2.24) is 10.6 Å². The van der Waals surface area contributed by atoms with Crippen molar-refractivity contribution in [2.45, 2.75) is 39.2 Å². The number of thioether (sulfide) groups is 1. The Morgan fingerprint density at radius 1 is 1.06 bits per heavy atom. The highest BCUT2D eigenvalue weighted by Gasteiger charge is 2.21. The number of amides is 1. The van der Waals surface area contributed by atoms with Gasteiger partial charge in [-0.15, -0.1) is 0 Å². The van der Waals surface area contributed by atoms with Crippen LogP contribution >= 0.6 is 44.7 Å². The Labute approximate surface area is 229 Å². The van der Waals surface area contributed by atoms with Gasteiger partial charge in [0.2, 0.25) is 5.91 Å². The molecule has 0 radical (unpaired) electrons. The molecule has 1 amide bonds. The smallest absolute Gasteiger partial charge is 0.308 e. The van der Waals surface area contributed by atoms with Crippen LogP contribution in [0.15, 0.2) is 16.8 Å². The van der Waals surface area contributed by atoms with Gasteiger partial charge in [-0.1, -0.05) is 21.6 Å². The Kier molecular flexibility index (Phi) is 18.7. The first kappa shape index (κ1) is 32.6. The van der Waals surface area contributed by atoms with Gasteiger partial charge < -0.3 is 24.8 Å². The molecule has 1 atom stereocenters. The van der Waals surface area contributed by atoms with Crippen molar-refractivity contribution < 1.29 is 33.4 Å². The monoisotopic (exact) mass is 580 g/mol. The first-order valence-electron chi connectivity index (χ1n) is 11.5. The highest BCUT2D eigenvalue weighted by molar-refractivity contribution is 8.76. The summed E-state index contributed by atoms with van der Waals surface area (Å²) < 4.78 is 15.0. The predicted molar refractivity (Wildman–Crippen MR) is 148 cm³/mol. The van der Waals surface area contributed by atoms with E-state index in [1.807, 2.05) is 28.6 Å². The number of ether oxygens (including phenoxy) is 3. The fourth-order valence-corrected chi connectivity index (χ4v) is 6.00. The number of rotatable bonds is 20. The number of hydrogen-bond acceptors (Lipinski definition) is 12. The average Bonchev–Trinajstić information content (AvgIpc) is 3.34. The van der Waals surface area contributed by atoms with Crippen LogP contribution in [0, 0.1) is 5.92 Å². The van der Waals surface area contributed by atoms with Gasteiger partial charge in [0.1, 0.15) is 13.2 Å². The third-order valence-corrected chi connectivity index (χ3v) is 8.24. The lowest BCUT2D eigenvalue weighted by Gasteiger charge is -2.18. The number of carbonyl (C=O) groups excluding carboxylic acids is 4. The van der Waals surface area contributed by atoms with E-state index in [1.54, 1.807) is 32.9 Å². The molecule has 13 heteroatoms. The summed E-state index contributed by atoms with van der Waals surface area (Å²) in [7, 11) is 3.35. The predicted octanol–water partition coefficient (Wildman–Crippen LogP) is 3.13. The van der Waals surface area contributed by atoms with Crippen LogP contribution in [-0.2, 0) is 39.8 Å². The molecule has 1 unspecified atom stereocenters. The first-order valence-corrected chi connectivity index (χ1v) is 16.3. The molecule has 1 aromatic rings. The second-order valence-electron chi connectivity index (χ2n) is 7.68. The average molecular weight is 581 g/mol. The van der Waals surface area contributed by atoms with Crippen LogP contribution in [0.4, 0.5) is 0 Å². The summed E-state index contributed by atoms with van der Waals surface area (Å²) in [5.74, 6) is 0.592. The quantitative estimate of drug-likeness (QED) is 0.0778. The molecule has 0 bridgehead atoms. The van der Waals surface area contributed by atoms with Gasteiger partial charge >= 0.3 is 17.9 Å². The van der Waals surface area contributed by atoms with Crippen molar-refractivity contribution in [2.24, 2.45) is 5.92 Å². The van der Waals surface area contributed by atoms with Gasteiger partial charge in [-0.2, -0.15) is 23.1 Å². The van der Waals surface area contributed by atoms with Gasteiger partial charge in [0.15, 0.2) is 6.10 Å². The van der Waals surface area contributed by atoms with Crippen molar-refractivity contribution in [1.29, 1.82) is 0 Å². The highest BCUT2D eigenvalue weighted by atomic mass is 33.1. The first-order chi connectivity index (χ1) is 17.3. The molecule has 1 rings (SSSR count). The molecule has 0 aliphatic heterocycles. The van der Waals surface area contributed by atoms with Gasteiger partial charge in [0.25, 0.3) is 0 Å². The lowest BCUT2D eigenvalue weighted by Crippen LogP contribution is -2.36. The Hall–Kier alpha value is -1.41. The molecule has 1 aromatic heterocycles. The fourth-order valence-electron chi connectivity index (χ4n) is 2.76. The largest absolute Gasteiger partial charge is 0.462 e. The molecule has 0 aliphatic rings. The van der Waals surface area contributed by atoms with E-state index in [0.717, 1.165) is 30.2 Å². The zero-order valence-electron chi connectivity index (χ0n) is 20.9. The number of hydrogen-bond donors (Lipinski definition) is 2. The molecule has 36 heavy (non-hydrogen) atoms. The molecule has 2 N–H and O–H groups in total. The normalized spacial score (nSPS) is 11.7. The Balaban J connectivity index is 2.45. The molecule has 0 saturated carbocycles. The van der Waals surface area contributed by atoms with E-state index in [2.05, 4.69) is 16.9 Å². The van der Waals surface area contributed by atoms with E-state index in [-0.39, 0.29) is 38.0 Å². The molecule has 0 spiro atoms. The van der Waals surface area contributed by atoms with Gasteiger partial charge in [-0.05, 0) is 53.8 Å². The lowest BCUT2D eigenvalue weighted by molar-refractivity contribution is -0.165. The third-order valence-electron chi connectivity index (χ3n) is 4.52. The molecular weight excluding hydrogens is 545 g/mol. The van der Waals surface area contributed by atoms with E-state index >= 15 is 0 Å². The van der Waals surface area contributed by atoms with Crippen molar-refractivity contribution in [3.05, 3.63) is 22.4 Å². The number of carbonyl (C=O) groups is 4. The number of thiophene rings is 1. The van der Waals surface area contributed by atoms with Crippen LogP contribution < -0.4 is 10.6 Å². The van der Waals surface area contributed by atoms with Crippen LogP contribution in [-0.4, -0.2) is 79.9 Å². The maximum absolute atomic E-state index is 12.9. The number of esters is 3. The SMILES string of the molecule is CSCCCNCSSCC(Cc1ccsc1)C(=O)NCCC(=O)OC(COC(C)=O)COC(C)=O. The molecule has 204 valence electrons. The van der Waals surface area contributed by atoms with Crippen LogP contribution in [0.2, 0.25) is 0 Å². The van der Waals surface area contributed by atoms with Gasteiger partial charge in [0, 0.05) is 26.1 Å². The molecule has 0 aromatic carbocycles. The maximum atomic E-state index is 12.9. The lowest BCUT2D eigenvalue weighted by atomic mass is 10.0. The summed E-state index contributed by atoms with van der Waals surface area (Å²) in [5.41, 5.74) is 1.11. The topological polar surface area (TPSA) is 120 Å². The van der Waals surface area contributed by atoms with E-state index in [0.29, 0.717) is 12.2 Å². The van der Waals surface area contributed by atoms with E-state index in [4.69, 9.17) is 14.2 Å². The molecule has 0 saturated heterocycles. The minimum Gasteiger partial charge on any atom is -0.462 e. The zero-order valence-corrected chi connectivity index (χ0v) is 24.2. The summed E-state index contributed by atoms with van der Waals surface area (Å²) in [4.78, 5) is 47.1. The summed E-state index contributed by atoms with van der Waals surface area (Å²) in [6.07, 6.45) is 2.89. The van der Waals surface area contributed by atoms with Crippen LogP contribution in [0.3, 0.4) is 0 Å². The summed E-state index contributed by atoms with van der Waals surface area (Å²) in [6.45, 7) is 3.11. The van der Waals surface area contributed by atoms with Gasteiger partial charge in [-0.25, -0.2) is 0 Å². The van der Waals surface area contributed by atoms with Crippen molar-refractivity contribution in [3.63, 3.8) is 0 Å². The maximum Gasteiger partial charge on any atom is 0.308 e. The van der Waals surface area contributed by atoms with Crippen molar-refractivity contribution >= 4 is 68.5 Å². The van der Waals surface area contributed by atoms with Crippen molar-refractivity contribution in [3.8, 4) is 0 Å². The molecule has 0 fully saturated rings. The summed E-state index contributed by atoms with van der Waals surface area (Å²) in [5, 5.41) is 10.2. The molecular formula is C23H36N2O7S4. The standard InChI is InChI=1S/C23H36N2O7S4/c1-17(26)30-12-21(13-31-18(2)27)32-22(28)5-8-25-23(29)20(11-19-6-10-34-14-19)15-35-36-16-24-7-4-9-33-3/h6,10,14,20-21,24H,4-5,7-9,11-13,15-16H2,1-3H3,(H,25,29). The van der Waals surface area contributed by atoms with E-state index in [1.165, 1.54) is 13.8 Å². The summed E-state index contributed by atoms with van der Waals surface area (Å²) in [6, 6.07) is 2.01. The minimum atomic E-state index is -0.907. The van der Waals surface area contributed by atoms with Crippen LogP contribution in [0.1, 0.15) is 32.3 Å². The Morgan fingerprint density at radius 2 is 1.78 bits per heavy atom. The number of nitrogens with one attached hydrogen (secondary N) is 2. The van der Waals surface area contributed by atoms with E-state index < -0.39 is 24.0 Å². The summed E-state index contributed by atoms with van der Waals surface area (Å²) >= 11 is 3.43. The Morgan fingerprint density at radius 3 is 2.39 bits per heavy atom. The second-order valence-corrected chi connectivity index (χ2v) is 12.0. The van der Waals surface area contributed by atoms with Crippen molar-refractivity contribution in [2.75, 3.05) is 49.9 Å².